The molecule has 2 rings (SSSR count). The molecule has 1 aromatic carbocycles. The standard InChI is InChI=1S/C12H15NO2/c1-13-7-3-6-10-9(8-13)4-2-5-11(10)12(14)15/h2,4-5H,3,6-8H2,1H3,(H,14,15). The Balaban J connectivity index is 2.46. The van der Waals surface area contributed by atoms with Gasteiger partial charge in [0.05, 0.1) is 5.56 Å². The summed E-state index contributed by atoms with van der Waals surface area (Å²) in [5.74, 6) is -0.809. The van der Waals surface area contributed by atoms with Gasteiger partial charge in [-0.1, -0.05) is 12.1 Å². The van der Waals surface area contributed by atoms with Crippen LogP contribution in [0.1, 0.15) is 27.9 Å². The quantitative estimate of drug-likeness (QED) is 0.759. The first-order chi connectivity index (χ1) is 7.18. The summed E-state index contributed by atoms with van der Waals surface area (Å²) in [6.07, 6.45) is 1.91. The molecule has 0 spiro atoms. The third kappa shape index (κ3) is 2.02. The second-order valence-electron chi connectivity index (χ2n) is 4.09. The van der Waals surface area contributed by atoms with Gasteiger partial charge in [0.2, 0.25) is 0 Å². The molecule has 0 saturated heterocycles. The molecule has 0 fully saturated rings. The largest absolute Gasteiger partial charge is 0.478 e. The van der Waals surface area contributed by atoms with Crippen molar-refractivity contribution in [1.82, 2.24) is 4.90 Å². The van der Waals surface area contributed by atoms with Gasteiger partial charge in [0, 0.05) is 6.54 Å². The number of carbonyl (C=O) groups is 1. The molecule has 0 aliphatic carbocycles. The van der Waals surface area contributed by atoms with E-state index in [4.69, 9.17) is 5.11 Å². The van der Waals surface area contributed by atoms with E-state index >= 15 is 0 Å². The Morgan fingerprint density at radius 2 is 2.27 bits per heavy atom. The van der Waals surface area contributed by atoms with Crippen LogP contribution in [-0.4, -0.2) is 29.6 Å². The van der Waals surface area contributed by atoms with Crippen LogP contribution in [0, 0.1) is 0 Å². The summed E-state index contributed by atoms with van der Waals surface area (Å²) < 4.78 is 0. The van der Waals surface area contributed by atoms with E-state index in [1.54, 1.807) is 6.07 Å². The molecule has 15 heavy (non-hydrogen) atoms. The van der Waals surface area contributed by atoms with Gasteiger partial charge in [-0.3, -0.25) is 0 Å². The first kappa shape index (κ1) is 10.2. The molecule has 0 amide bonds. The van der Waals surface area contributed by atoms with Crippen molar-refractivity contribution >= 4 is 5.97 Å². The minimum atomic E-state index is -0.809. The second-order valence-corrected chi connectivity index (χ2v) is 4.09. The highest BCUT2D eigenvalue weighted by atomic mass is 16.4. The highest BCUT2D eigenvalue weighted by Gasteiger charge is 2.17. The molecular weight excluding hydrogens is 190 g/mol. The number of hydrogen-bond donors (Lipinski definition) is 1. The maximum Gasteiger partial charge on any atom is 0.335 e. The highest BCUT2D eigenvalue weighted by Crippen LogP contribution is 2.21. The van der Waals surface area contributed by atoms with Gasteiger partial charge < -0.3 is 10.0 Å². The van der Waals surface area contributed by atoms with Gasteiger partial charge in [-0.2, -0.15) is 0 Å². The number of carboxylic acids is 1. The molecule has 3 nitrogen and oxygen atoms in total. The van der Waals surface area contributed by atoms with Crippen LogP contribution in [0.4, 0.5) is 0 Å². The first-order valence-electron chi connectivity index (χ1n) is 5.21. The minimum Gasteiger partial charge on any atom is -0.478 e. The van der Waals surface area contributed by atoms with Crippen LogP contribution >= 0.6 is 0 Å². The second kappa shape index (κ2) is 4.03. The van der Waals surface area contributed by atoms with E-state index in [1.807, 2.05) is 12.1 Å². The van der Waals surface area contributed by atoms with Gasteiger partial charge in [0.15, 0.2) is 0 Å². The number of hydrogen-bond acceptors (Lipinski definition) is 2. The maximum absolute atomic E-state index is 11.1. The third-order valence-electron chi connectivity index (χ3n) is 2.91. The molecule has 1 aliphatic heterocycles. The van der Waals surface area contributed by atoms with Crippen LogP contribution in [0.2, 0.25) is 0 Å². The third-order valence-corrected chi connectivity index (χ3v) is 2.91. The lowest BCUT2D eigenvalue weighted by Crippen LogP contribution is -2.17. The Hall–Kier alpha value is -1.35. The lowest BCUT2D eigenvalue weighted by molar-refractivity contribution is 0.0695. The van der Waals surface area contributed by atoms with Gasteiger partial charge in [-0.25, -0.2) is 4.79 Å². The monoisotopic (exact) mass is 205 g/mol. The van der Waals surface area contributed by atoms with Gasteiger partial charge in [0.1, 0.15) is 0 Å². The molecule has 0 atom stereocenters. The van der Waals surface area contributed by atoms with Crippen LogP contribution in [0.25, 0.3) is 0 Å². The summed E-state index contributed by atoms with van der Waals surface area (Å²) in [4.78, 5) is 13.3. The van der Waals surface area contributed by atoms with E-state index < -0.39 is 5.97 Å². The summed E-state index contributed by atoms with van der Waals surface area (Å²) >= 11 is 0. The zero-order chi connectivity index (χ0) is 10.8. The predicted molar refractivity (Wildman–Crippen MR) is 58.1 cm³/mol. The predicted octanol–water partition coefficient (Wildman–Crippen LogP) is 1.76. The highest BCUT2D eigenvalue weighted by molar-refractivity contribution is 5.89. The number of fused-ring (bicyclic) bond motifs is 1. The lowest BCUT2D eigenvalue weighted by atomic mass is 9.98. The van der Waals surface area contributed by atoms with Crippen molar-refractivity contribution in [3.8, 4) is 0 Å². The number of benzene rings is 1. The molecule has 80 valence electrons. The topological polar surface area (TPSA) is 40.5 Å². The van der Waals surface area contributed by atoms with E-state index in [1.165, 1.54) is 0 Å². The summed E-state index contributed by atoms with van der Waals surface area (Å²) in [5, 5.41) is 9.08. The van der Waals surface area contributed by atoms with Crippen molar-refractivity contribution in [2.45, 2.75) is 19.4 Å². The molecule has 1 N–H and O–H groups in total. The van der Waals surface area contributed by atoms with Crippen molar-refractivity contribution in [3.63, 3.8) is 0 Å². The molecule has 0 bridgehead atoms. The van der Waals surface area contributed by atoms with Gasteiger partial charge in [-0.15, -0.1) is 0 Å². The van der Waals surface area contributed by atoms with Crippen molar-refractivity contribution < 1.29 is 9.90 Å². The van der Waals surface area contributed by atoms with Crippen molar-refractivity contribution in [2.24, 2.45) is 0 Å². The van der Waals surface area contributed by atoms with Gasteiger partial charge in [0.25, 0.3) is 0 Å². The Morgan fingerprint density at radius 1 is 1.47 bits per heavy atom. The number of aromatic carboxylic acids is 1. The zero-order valence-corrected chi connectivity index (χ0v) is 8.86. The van der Waals surface area contributed by atoms with E-state index in [0.29, 0.717) is 5.56 Å². The Morgan fingerprint density at radius 3 is 3.00 bits per heavy atom. The van der Waals surface area contributed by atoms with E-state index in [0.717, 1.165) is 37.1 Å². The van der Waals surface area contributed by atoms with Gasteiger partial charge >= 0.3 is 5.97 Å². The summed E-state index contributed by atoms with van der Waals surface area (Å²) in [7, 11) is 2.07. The number of rotatable bonds is 1. The molecule has 3 heteroatoms. The lowest BCUT2D eigenvalue weighted by Gasteiger charge is -2.13. The van der Waals surface area contributed by atoms with Crippen molar-refractivity contribution in [2.75, 3.05) is 13.6 Å². The first-order valence-corrected chi connectivity index (χ1v) is 5.21. The normalized spacial score (nSPS) is 16.9. The molecule has 0 unspecified atom stereocenters. The van der Waals surface area contributed by atoms with Crippen LogP contribution in [0.5, 0.6) is 0 Å². The molecule has 0 saturated carbocycles. The molecule has 0 radical (unpaired) electrons. The molecule has 1 aliphatic rings. The number of nitrogens with zero attached hydrogens (tertiary/aromatic N) is 1. The van der Waals surface area contributed by atoms with Crippen molar-refractivity contribution in [3.05, 3.63) is 34.9 Å². The average molecular weight is 205 g/mol. The Bertz CT molecular complexity index is 387. The fourth-order valence-corrected chi connectivity index (χ4v) is 2.17. The van der Waals surface area contributed by atoms with E-state index in [9.17, 15) is 4.79 Å². The average Bonchev–Trinajstić information content (AvgIpc) is 2.37. The van der Waals surface area contributed by atoms with Gasteiger partial charge in [-0.05, 0) is 43.6 Å². The maximum atomic E-state index is 11.1. The van der Waals surface area contributed by atoms with Crippen LogP contribution in [0.3, 0.4) is 0 Å². The summed E-state index contributed by atoms with van der Waals surface area (Å²) in [5.41, 5.74) is 2.66. The zero-order valence-electron chi connectivity index (χ0n) is 8.86. The summed E-state index contributed by atoms with van der Waals surface area (Å²) in [6.45, 7) is 1.89. The van der Waals surface area contributed by atoms with Crippen LogP contribution < -0.4 is 0 Å². The smallest absolute Gasteiger partial charge is 0.335 e. The molecule has 1 heterocycles. The van der Waals surface area contributed by atoms with Crippen LogP contribution in [-0.2, 0) is 13.0 Å². The van der Waals surface area contributed by atoms with Crippen LogP contribution in [0.15, 0.2) is 18.2 Å². The fraction of sp³-hybridized carbons (Fsp3) is 0.417. The molecular formula is C12H15NO2. The van der Waals surface area contributed by atoms with E-state index in [-0.39, 0.29) is 0 Å². The Labute approximate surface area is 89.3 Å². The molecule has 1 aromatic rings. The molecule has 0 aromatic heterocycles. The fourth-order valence-electron chi connectivity index (χ4n) is 2.17. The summed E-state index contributed by atoms with van der Waals surface area (Å²) in [6, 6.07) is 5.57. The van der Waals surface area contributed by atoms with Crippen molar-refractivity contribution in [1.29, 1.82) is 0 Å². The minimum absolute atomic E-state index is 0.475. The Kier molecular flexibility index (Phi) is 2.73. The van der Waals surface area contributed by atoms with E-state index in [2.05, 4.69) is 11.9 Å². The SMILES string of the molecule is CN1CCCc2c(cccc2C(=O)O)C1. The number of carboxylic acid groups (broad SMARTS) is 1.